The van der Waals surface area contributed by atoms with Gasteiger partial charge in [-0.05, 0) is 43.0 Å². The molecule has 1 aromatic heterocycles. The summed E-state index contributed by atoms with van der Waals surface area (Å²) in [7, 11) is 0. The number of hydrogen-bond donors (Lipinski definition) is 0. The van der Waals surface area contributed by atoms with E-state index in [9.17, 15) is 9.59 Å². The summed E-state index contributed by atoms with van der Waals surface area (Å²) >= 11 is 5.82. The molecule has 2 aromatic rings. The quantitative estimate of drug-likeness (QED) is 0.742. The zero-order chi connectivity index (χ0) is 17.6. The van der Waals surface area contributed by atoms with Gasteiger partial charge in [-0.1, -0.05) is 11.6 Å². The Labute approximate surface area is 152 Å². The van der Waals surface area contributed by atoms with Gasteiger partial charge < -0.3 is 9.47 Å². The summed E-state index contributed by atoms with van der Waals surface area (Å²) in [5.74, 6) is 0.636. The summed E-state index contributed by atoms with van der Waals surface area (Å²) in [4.78, 5) is 30.4. The third kappa shape index (κ3) is 4.92. The summed E-state index contributed by atoms with van der Waals surface area (Å²) < 4.78 is 2.09. The van der Waals surface area contributed by atoms with E-state index in [0.29, 0.717) is 16.5 Å². The Bertz CT molecular complexity index is 705. The minimum absolute atomic E-state index is 0.0139. The van der Waals surface area contributed by atoms with Crippen LogP contribution in [0.4, 0.5) is 0 Å². The van der Waals surface area contributed by atoms with Crippen LogP contribution >= 0.6 is 11.6 Å². The molecular formula is C19H22ClN3O2. The summed E-state index contributed by atoms with van der Waals surface area (Å²) in [6, 6.07) is 6.80. The number of carbonyl (C=O) groups excluding carboxylic acids is 2. The molecule has 1 fully saturated rings. The molecular weight excluding hydrogens is 338 g/mol. The van der Waals surface area contributed by atoms with Crippen molar-refractivity contribution in [3.8, 4) is 0 Å². The average Bonchev–Trinajstić information content (AvgIpc) is 3.13. The lowest BCUT2D eigenvalue weighted by Gasteiger charge is -2.32. The van der Waals surface area contributed by atoms with Crippen LogP contribution in [0.5, 0.6) is 0 Å². The minimum atomic E-state index is -0.0139. The van der Waals surface area contributed by atoms with E-state index in [2.05, 4.69) is 9.55 Å². The summed E-state index contributed by atoms with van der Waals surface area (Å²) in [5, 5.41) is 0.603. The maximum absolute atomic E-state index is 12.3. The fourth-order valence-corrected chi connectivity index (χ4v) is 3.34. The molecule has 6 heteroatoms. The van der Waals surface area contributed by atoms with Gasteiger partial charge in [0.05, 0.1) is 6.33 Å². The second-order valence-electron chi connectivity index (χ2n) is 6.51. The topological polar surface area (TPSA) is 55.2 Å². The lowest BCUT2D eigenvalue weighted by molar-refractivity contribution is -0.132. The van der Waals surface area contributed by atoms with Crippen molar-refractivity contribution in [2.75, 3.05) is 13.1 Å². The second-order valence-corrected chi connectivity index (χ2v) is 6.95. The normalized spacial score (nSPS) is 15.3. The first-order chi connectivity index (χ1) is 12.1. The SMILES string of the molecule is O=C(CCC(=O)N1CCC(Cn2ccnc2)CC1)c1ccc(Cl)cc1. The molecule has 1 aliphatic rings. The number of hydrogen-bond acceptors (Lipinski definition) is 3. The Morgan fingerprint density at radius 2 is 1.84 bits per heavy atom. The molecule has 0 N–H and O–H groups in total. The zero-order valence-electron chi connectivity index (χ0n) is 14.1. The van der Waals surface area contributed by atoms with Crippen molar-refractivity contribution >= 4 is 23.3 Å². The number of imidazole rings is 1. The highest BCUT2D eigenvalue weighted by Gasteiger charge is 2.23. The predicted molar refractivity (Wildman–Crippen MR) is 96.5 cm³/mol. The number of carbonyl (C=O) groups is 2. The van der Waals surface area contributed by atoms with Gasteiger partial charge in [-0.2, -0.15) is 0 Å². The van der Waals surface area contributed by atoms with Crippen LogP contribution in [-0.4, -0.2) is 39.2 Å². The van der Waals surface area contributed by atoms with Crippen molar-refractivity contribution in [1.29, 1.82) is 0 Å². The molecule has 1 amide bonds. The maximum atomic E-state index is 12.3. The molecule has 2 heterocycles. The largest absolute Gasteiger partial charge is 0.343 e. The highest BCUT2D eigenvalue weighted by Crippen LogP contribution is 2.20. The van der Waals surface area contributed by atoms with Gasteiger partial charge in [-0.15, -0.1) is 0 Å². The van der Waals surface area contributed by atoms with Crippen molar-refractivity contribution in [3.63, 3.8) is 0 Å². The maximum Gasteiger partial charge on any atom is 0.223 e. The molecule has 0 spiro atoms. The van der Waals surface area contributed by atoms with Crippen LogP contribution in [-0.2, 0) is 11.3 Å². The number of piperidine rings is 1. The molecule has 0 saturated carbocycles. The van der Waals surface area contributed by atoms with Crippen molar-refractivity contribution in [3.05, 3.63) is 53.6 Å². The Hall–Kier alpha value is -2.14. The Morgan fingerprint density at radius 1 is 1.12 bits per heavy atom. The Kier molecular flexibility index (Phi) is 5.87. The lowest BCUT2D eigenvalue weighted by atomic mass is 9.96. The van der Waals surface area contributed by atoms with Crippen molar-refractivity contribution in [2.45, 2.75) is 32.2 Å². The van der Waals surface area contributed by atoms with Gasteiger partial charge in [0.15, 0.2) is 5.78 Å². The van der Waals surface area contributed by atoms with E-state index in [1.54, 1.807) is 30.5 Å². The number of likely N-dealkylation sites (tertiary alicyclic amines) is 1. The molecule has 0 unspecified atom stereocenters. The highest BCUT2D eigenvalue weighted by atomic mass is 35.5. The van der Waals surface area contributed by atoms with Gasteiger partial charge in [0, 0.05) is 55.5 Å². The first-order valence-electron chi connectivity index (χ1n) is 8.64. The van der Waals surface area contributed by atoms with Gasteiger partial charge in [0.25, 0.3) is 0 Å². The van der Waals surface area contributed by atoms with Crippen LogP contribution in [0.2, 0.25) is 5.02 Å². The van der Waals surface area contributed by atoms with Crippen molar-refractivity contribution in [2.24, 2.45) is 5.92 Å². The number of rotatable bonds is 6. The number of benzene rings is 1. The van der Waals surface area contributed by atoms with Crippen LogP contribution in [0.15, 0.2) is 43.0 Å². The molecule has 5 nitrogen and oxygen atoms in total. The van der Waals surface area contributed by atoms with E-state index in [0.717, 1.165) is 32.5 Å². The molecule has 1 aliphatic heterocycles. The third-order valence-corrected chi connectivity index (χ3v) is 4.98. The zero-order valence-corrected chi connectivity index (χ0v) is 14.9. The van der Waals surface area contributed by atoms with E-state index >= 15 is 0 Å². The van der Waals surface area contributed by atoms with Crippen LogP contribution in [0.1, 0.15) is 36.0 Å². The molecule has 132 valence electrons. The van der Waals surface area contributed by atoms with Gasteiger partial charge in [0.2, 0.25) is 5.91 Å². The van der Waals surface area contributed by atoms with E-state index in [-0.39, 0.29) is 24.5 Å². The number of halogens is 1. The van der Waals surface area contributed by atoms with Crippen molar-refractivity contribution < 1.29 is 9.59 Å². The first-order valence-corrected chi connectivity index (χ1v) is 9.02. The van der Waals surface area contributed by atoms with E-state index in [1.807, 2.05) is 17.4 Å². The minimum Gasteiger partial charge on any atom is -0.343 e. The van der Waals surface area contributed by atoms with Crippen molar-refractivity contribution in [1.82, 2.24) is 14.5 Å². The fourth-order valence-electron chi connectivity index (χ4n) is 3.22. The standard InChI is InChI=1S/C19H22ClN3O2/c20-17-3-1-16(2-4-17)18(24)5-6-19(25)23-10-7-15(8-11-23)13-22-12-9-21-14-22/h1-4,9,12,14-15H,5-8,10-11,13H2. The molecule has 0 atom stereocenters. The summed E-state index contributed by atoms with van der Waals surface area (Å²) in [6.07, 6.45) is 8.10. The number of amides is 1. The molecule has 0 aliphatic carbocycles. The number of ketones is 1. The monoisotopic (exact) mass is 359 g/mol. The average molecular weight is 360 g/mol. The molecule has 25 heavy (non-hydrogen) atoms. The van der Waals surface area contributed by atoms with Gasteiger partial charge in [-0.3, -0.25) is 9.59 Å². The van der Waals surface area contributed by atoms with Crippen LogP contribution in [0.3, 0.4) is 0 Å². The fraction of sp³-hybridized carbons (Fsp3) is 0.421. The first kappa shape index (κ1) is 17.7. The summed E-state index contributed by atoms with van der Waals surface area (Å²) in [6.45, 7) is 2.50. The van der Waals surface area contributed by atoms with E-state index in [1.165, 1.54) is 0 Å². The Morgan fingerprint density at radius 3 is 2.48 bits per heavy atom. The van der Waals surface area contributed by atoms with Gasteiger partial charge >= 0.3 is 0 Å². The van der Waals surface area contributed by atoms with Gasteiger partial charge in [-0.25, -0.2) is 4.98 Å². The van der Waals surface area contributed by atoms with E-state index < -0.39 is 0 Å². The lowest BCUT2D eigenvalue weighted by Crippen LogP contribution is -2.39. The third-order valence-electron chi connectivity index (χ3n) is 4.73. The van der Waals surface area contributed by atoms with Crippen LogP contribution in [0, 0.1) is 5.92 Å². The second kappa shape index (κ2) is 8.30. The summed E-state index contributed by atoms with van der Waals surface area (Å²) in [5.41, 5.74) is 0.608. The molecule has 3 rings (SSSR count). The number of aromatic nitrogens is 2. The van der Waals surface area contributed by atoms with Crippen LogP contribution < -0.4 is 0 Å². The highest BCUT2D eigenvalue weighted by molar-refractivity contribution is 6.30. The molecule has 0 bridgehead atoms. The van der Waals surface area contributed by atoms with Gasteiger partial charge in [0.1, 0.15) is 0 Å². The number of Topliss-reactive ketones (excluding diaryl/α,β-unsaturated/α-hetero) is 1. The predicted octanol–water partition coefficient (Wildman–Crippen LogP) is 3.44. The molecule has 0 radical (unpaired) electrons. The smallest absolute Gasteiger partial charge is 0.223 e. The molecule has 1 aromatic carbocycles. The Balaban J connectivity index is 1.42. The number of nitrogens with zero attached hydrogens (tertiary/aromatic N) is 3. The molecule has 1 saturated heterocycles. The van der Waals surface area contributed by atoms with Crippen LogP contribution in [0.25, 0.3) is 0 Å². The van der Waals surface area contributed by atoms with E-state index in [4.69, 9.17) is 11.6 Å².